The molecule has 1 atom stereocenters. The van der Waals surface area contributed by atoms with Gasteiger partial charge in [0.2, 0.25) is 5.91 Å². The molecule has 2 aromatic heterocycles. The Morgan fingerprint density at radius 3 is 3.10 bits per heavy atom. The van der Waals surface area contributed by atoms with Crippen molar-refractivity contribution in [1.29, 1.82) is 0 Å². The number of amides is 1. The second-order valence-electron chi connectivity index (χ2n) is 5.98. The van der Waals surface area contributed by atoms with Crippen molar-refractivity contribution in [1.82, 2.24) is 20.1 Å². The number of aromatic nitrogens is 3. The summed E-state index contributed by atoms with van der Waals surface area (Å²) in [6, 6.07) is 2.01. The Labute approximate surface area is 128 Å². The number of aryl methyl sites for hydroxylation is 1. The van der Waals surface area contributed by atoms with Crippen LogP contribution in [0.1, 0.15) is 36.2 Å². The van der Waals surface area contributed by atoms with Crippen molar-refractivity contribution in [2.75, 3.05) is 13.1 Å². The van der Waals surface area contributed by atoms with Crippen LogP contribution in [0.15, 0.2) is 17.6 Å². The molecule has 0 aliphatic carbocycles. The maximum Gasteiger partial charge on any atom is 0.228 e. The van der Waals surface area contributed by atoms with E-state index in [0.29, 0.717) is 6.42 Å². The van der Waals surface area contributed by atoms with Gasteiger partial charge in [-0.3, -0.25) is 9.89 Å². The number of hydrogen-bond acceptors (Lipinski definition) is 4. The first-order valence-electron chi connectivity index (χ1n) is 7.25. The Kier molecular flexibility index (Phi) is 3.80. The van der Waals surface area contributed by atoms with Crippen molar-refractivity contribution in [3.05, 3.63) is 34.0 Å². The van der Waals surface area contributed by atoms with Gasteiger partial charge in [0.15, 0.2) is 0 Å². The fraction of sp³-hybridized carbons (Fsp3) is 0.533. The molecule has 1 N–H and O–H groups in total. The van der Waals surface area contributed by atoms with E-state index in [1.165, 1.54) is 0 Å². The SMILES string of the molecule is Cc1nc(CC(=O)N2CCCC(C)(c3ccn[nH]3)C2)cs1. The minimum absolute atomic E-state index is 0.0254. The Morgan fingerprint density at radius 2 is 2.43 bits per heavy atom. The summed E-state index contributed by atoms with van der Waals surface area (Å²) in [7, 11) is 0. The van der Waals surface area contributed by atoms with E-state index in [4.69, 9.17) is 0 Å². The topological polar surface area (TPSA) is 61.9 Å². The molecule has 3 rings (SSSR count). The van der Waals surface area contributed by atoms with Crippen LogP contribution in [0, 0.1) is 6.92 Å². The van der Waals surface area contributed by atoms with Crippen LogP contribution in [-0.4, -0.2) is 39.1 Å². The van der Waals surface area contributed by atoms with Crippen molar-refractivity contribution in [2.45, 2.75) is 38.5 Å². The van der Waals surface area contributed by atoms with Gasteiger partial charge >= 0.3 is 0 Å². The largest absolute Gasteiger partial charge is 0.341 e. The number of carbonyl (C=O) groups is 1. The van der Waals surface area contributed by atoms with Gasteiger partial charge in [-0.1, -0.05) is 6.92 Å². The van der Waals surface area contributed by atoms with Crippen molar-refractivity contribution >= 4 is 17.2 Å². The minimum atomic E-state index is -0.0254. The summed E-state index contributed by atoms with van der Waals surface area (Å²) in [5.74, 6) is 0.172. The number of piperidine rings is 1. The molecule has 0 spiro atoms. The van der Waals surface area contributed by atoms with Crippen LogP contribution in [0.3, 0.4) is 0 Å². The van der Waals surface area contributed by atoms with Crippen molar-refractivity contribution in [3.63, 3.8) is 0 Å². The molecule has 21 heavy (non-hydrogen) atoms. The highest BCUT2D eigenvalue weighted by molar-refractivity contribution is 7.09. The molecule has 1 unspecified atom stereocenters. The molecular formula is C15H20N4OS. The lowest BCUT2D eigenvalue weighted by molar-refractivity contribution is -0.132. The molecule has 1 saturated heterocycles. The summed E-state index contributed by atoms with van der Waals surface area (Å²) in [5.41, 5.74) is 1.98. The molecule has 1 aliphatic heterocycles. The lowest BCUT2D eigenvalue weighted by Crippen LogP contribution is -2.47. The average molecular weight is 304 g/mol. The summed E-state index contributed by atoms with van der Waals surface area (Å²) < 4.78 is 0. The second-order valence-corrected chi connectivity index (χ2v) is 7.05. The van der Waals surface area contributed by atoms with Gasteiger partial charge in [0, 0.05) is 35.8 Å². The zero-order valence-corrected chi connectivity index (χ0v) is 13.2. The molecule has 2 aromatic rings. The van der Waals surface area contributed by atoms with E-state index in [1.54, 1.807) is 17.5 Å². The van der Waals surface area contributed by atoms with Crippen molar-refractivity contribution in [3.8, 4) is 0 Å². The molecule has 112 valence electrons. The summed E-state index contributed by atoms with van der Waals surface area (Å²) >= 11 is 1.60. The van der Waals surface area contributed by atoms with Gasteiger partial charge in [-0.2, -0.15) is 5.10 Å². The third-order valence-corrected chi connectivity index (χ3v) is 5.02. The Balaban J connectivity index is 1.69. The molecule has 6 heteroatoms. The zero-order valence-electron chi connectivity index (χ0n) is 12.4. The van der Waals surface area contributed by atoms with Crippen LogP contribution in [0.5, 0.6) is 0 Å². The number of hydrogen-bond donors (Lipinski definition) is 1. The Morgan fingerprint density at radius 1 is 1.57 bits per heavy atom. The highest BCUT2D eigenvalue weighted by Crippen LogP contribution is 2.32. The van der Waals surface area contributed by atoms with Gasteiger partial charge < -0.3 is 4.90 Å². The van der Waals surface area contributed by atoms with E-state index in [-0.39, 0.29) is 11.3 Å². The van der Waals surface area contributed by atoms with Gasteiger partial charge in [-0.05, 0) is 25.8 Å². The molecule has 0 aromatic carbocycles. The lowest BCUT2D eigenvalue weighted by Gasteiger charge is -2.39. The minimum Gasteiger partial charge on any atom is -0.341 e. The van der Waals surface area contributed by atoms with Gasteiger partial charge in [-0.25, -0.2) is 4.98 Å². The van der Waals surface area contributed by atoms with Crippen LogP contribution in [-0.2, 0) is 16.6 Å². The molecule has 5 nitrogen and oxygen atoms in total. The fourth-order valence-electron chi connectivity index (χ4n) is 3.02. The predicted molar refractivity (Wildman–Crippen MR) is 82.3 cm³/mol. The second kappa shape index (κ2) is 5.60. The smallest absolute Gasteiger partial charge is 0.228 e. The van der Waals surface area contributed by atoms with Crippen LogP contribution in [0.25, 0.3) is 0 Å². The summed E-state index contributed by atoms with van der Waals surface area (Å²) in [4.78, 5) is 18.9. The average Bonchev–Trinajstić information content (AvgIpc) is 3.11. The van der Waals surface area contributed by atoms with E-state index in [1.807, 2.05) is 23.3 Å². The number of thiazole rings is 1. The summed E-state index contributed by atoms with van der Waals surface area (Å²) in [6.07, 6.45) is 4.29. The Bertz CT molecular complexity index is 621. The summed E-state index contributed by atoms with van der Waals surface area (Å²) in [6.45, 7) is 5.75. The molecule has 0 radical (unpaired) electrons. The van der Waals surface area contributed by atoms with Crippen LogP contribution in [0.4, 0.5) is 0 Å². The Hall–Kier alpha value is -1.69. The molecule has 0 saturated carbocycles. The van der Waals surface area contributed by atoms with Gasteiger partial charge in [-0.15, -0.1) is 11.3 Å². The summed E-state index contributed by atoms with van der Waals surface area (Å²) in [5, 5.41) is 10.1. The monoisotopic (exact) mass is 304 g/mol. The normalized spacial score (nSPS) is 22.5. The highest BCUT2D eigenvalue weighted by Gasteiger charge is 2.35. The molecule has 0 bridgehead atoms. The van der Waals surface area contributed by atoms with Crippen LogP contribution >= 0.6 is 11.3 Å². The highest BCUT2D eigenvalue weighted by atomic mass is 32.1. The van der Waals surface area contributed by atoms with E-state index in [2.05, 4.69) is 22.1 Å². The van der Waals surface area contributed by atoms with Crippen LogP contribution in [0.2, 0.25) is 0 Å². The molecule has 1 fully saturated rings. The third-order valence-electron chi connectivity index (χ3n) is 4.20. The third kappa shape index (κ3) is 3.00. The van der Waals surface area contributed by atoms with E-state index in [9.17, 15) is 4.79 Å². The van der Waals surface area contributed by atoms with Crippen molar-refractivity contribution in [2.24, 2.45) is 0 Å². The number of rotatable bonds is 3. The van der Waals surface area contributed by atoms with E-state index < -0.39 is 0 Å². The number of nitrogens with one attached hydrogen (secondary N) is 1. The quantitative estimate of drug-likeness (QED) is 0.946. The van der Waals surface area contributed by atoms with Gasteiger partial charge in [0.25, 0.3) is 0 Å². The molecule has 3 heterocycles. The van der Waals surface area contributed by atoms with Crippen molar-refractivity contribution < 1.29 is 4.79 Å². The molecular weight excluding hydrogens is 284 g/mol. The van der Waals surface area contributed by atoms with E-state index >= 15 is 0 Å². The number of nitrogens with zero attached hydrogens (tertiary/aromatic N) is 3. The number of likely N-dealkylation sites (tertiary alicyclic amines) is 1. The standard InChI is InChI=1S/C15H20N4OS/c1-11-17-12(9-21-11)8-14(20)19-7-3-5-15(2,10-19)13-4-6-16-18-13/h4,6,9H,3,5,7-8,10H2,1-2H3,(H,16,18). The van der Waals surface area contributed by atoms with Gasteiger partial charge in [0.1, 0.15) is 0 Å². The maximum absolute atomic E-state index is 12.5. The van der Waals surface area contributed by atoms with E-state index in [0.717, 1.165) is 42.3 Å². The number of carbonyl (C=O) groups excluding carboxylic acids is 1. The first-order chi connectivity index (χ1) is 10.1. The maximum atomic E-state index is 12.5. The van der Waals surface area contributed by atoms with Crippen LogP contribution < -0.4 is 0 Å². The molecule has 1 aliphatic rings. The first kappa shape index (κ1) is 14.3. The zero-order chi connectivity index (χ0) is 14.9. The molecule has 1 amide bonds. The number of aromatic amines is 1. The number of H-pyrrole nitrogens is 1. The first-order valence-corrected chi connectivity index (χ1v) is 8.13. The lowest BCUT2D eigenvalue weighted by atomic mass is 9.79. The fourth-order valence-corrected chi connectivity index (χ4v) is 3.63. The predicted octanol–water partition coefficient (Wildman–Crippen LogP) is 2.30. The van der Waals surface area contributed by atoms with Gasteiger partial charge in [0.05, 0.1) is 17.1 Å².